The normalized spacial score (nSPS) is 22.2. The van der Waals surface area contributed by atoms with Crippen molar-refractivity contribution in [3.8, 4) is 0 Å². The summed E-state index contributed by atoms with van der Waals surface area (Å²) >= 11 is 0. The van der Waals surface area contributed by atoms with Gasteiger partial charge < -0.3 is 15.0 Å². The highest BCUT2D eigenvalue weighted by Gasteiger charge is 2.23. The third-order valence-corrected chi connectivity index (χ3v) is 5.09. The van der Waals surface area contributed by atoms with Gasteiger partial charge >= 0.3 is 0 Å². The standard InChI is InChI=1S/C20H33N5O2/c1-17(2)14-24-11-12-27-18(15-24)13-22-20(26)16-23-7-9-25(10-8-23)19-5-3-4-6-21-19/h3-6,17-18H,7-16H2,1-2H3,(H,22,26). The fourth-order valence-electron chi connectivity index (χ4n) is 3.75. The highest BCUT2D eigenvalue weighted by Crippen LogP contribution is 2.12. The van der Waals surface area contributed by atoms with Crippen molar-refractivity contribution < 1.29 is 9.53 Å². The molecule has 1 N–H and O–H groups in total. The average Bonchev–Trinajstić information content (AvgIpc) is 2.67. The Morgan fingerprint density at radius 2 is 2.04 bits per heavy atom. The molecule has 2 fully saturated rings. The topological polar surface area (TPSA) is 60.9 Å². The number of piperazine rings is 1. The predicted octanol–water partition coefficient (Wildman–Crippen LogP) is 0.677. The lowest BCUT2D eigenvalue weighted by Gasteiger charge is -2.35. The lowest BCUT2D eigenvalue weighted by atomic mass is 10.2. The van der Waals surface area contributed by atoms with Crippen molar-refractivity contribution in [1.82, 2.24) is 20.1 Å². The molecular weight excluding hydrogens is 342 g/mol. The van der Waals surface area contributed by atoms with Crippen molar-refractivity contribution in [1.29, 1.82) is 0 Å². The van der Waals surface area contributed by atoms with E-state index in [2.05, 4.69) is 38.8 Å². The molecule has 1 aromatic heterocycles. The molecule has 1 atom stereocenters. The number of morpholine rings is 1. The van der Waals surface area contributed by atoms with E-state index in [9.17, 15) is 4.79 Å². The second-order valence-electron chi connectivity index (χ2n) is 7.90. The number of rotatable bonds is 7. The average molecular weight is 376 g/mol. The molecule has 0 bridgehead atoms. The van der Waals surface area contributed by atoms with Crippen LogP contribution in [0, 0.1) is 5.92 Å². The Labute approximate surface area is 162 Å². The van der Waals surface area contributed by atoms with E-state index in [0.29, 0.717) is 19.0 Å². The first-order valence-electron chi connectivity index (χ1n) is 10.1. The Balaban J connectivity index is 1.34. The molecule has 3 rings (SSSR count). The zero-order valence-corrected chi connectivity index (χ0v) is 16.6. The second-order valence-corrected chi connectivity index (χ2v) is 7.90. The summed E-state index contributed by atoms with van der Waals surface area (Å²) < 4.78 is 5.81. The van der Waals surface area contributed by atoms with Gasteiger partial charge in [0.05, 0.1) is 19.3 Å². The van der Waals surface area contributed by atoms with Gasteiger partial charge in [-0.2, -0.15) is 0 Å². The first-order chi connectivity index (χ1) is 13.1. The summed E-state index contributed by atoms with van der Waals surface area (Å²) in [7, 11) is 0. The van der Waals surface area contributed by atoms with Crippen molar-refractivity contribution in [2.24, 2.45) is 5.92 Å². The molecule has 1 aromatic rings. The number of hydrogen-bond donors (Lipinski definition) is 1. The van der Waals surface area contributed by atoms with E-state index < -0.39 is 0 Å². The monoisotopic (exact) mass is 375 g/mol. The lowest BCUT2D eigenvalue weighted by Crippen LogP contribution is -2.52. The van der Waals surface area contributed by atoms with Crippen molar-refractivity contribution in [3.05, 3.63) is 24.4 Å². The second kappa shape index (κ2) is 10.0. The third kappa shape index (κ3) is 6.45. The Bertz CT molecular complexity index is 575. The fourth-order valence-corrected chi connectivity index (χ4v) is 3.75. The quantitative estimate of drug-likeness (QED) is 0.756. The fraction of sp³-hybridized carbons (Fsp3) is 0.700. The van der Waals surface area contributed by atoms with Crippen LogP contribution in [-0.2, 0) is 9.53 Å². The molecule has 27 heavy (non-hydrogen) atoms. The van der Waals surface area contributed by atoms with Crippen molar-refractivity contribution in [3.63, 3.8) is 0 Å². The minimum Gasteiger partial charge on any atom is -0.374 e. The lowest BCUT2D eigenvalue weighted by molar-refractivity contribution is -0.123. The van der Waals surface area contributed by atoms with Crippen molar-refractivity contribution in [2.75, 3.05) is 70.4 Å². The number of aromatic nitrogens is 1. The highest BCUT2D eigenvalue weighted by atomic mass is 16.5. The number of nitrogens with zero attached hydrogens (tertiary/aromatic N) is 4. The van der Waals surface area contributed by atoms with Crippen molar-refractivity contribution in [2.45, 2.75) is 20.0 Å². The van der Waals surface area contributed by atoms with E-state index in [0.717, 1.165) is 58.2 Å². The summed E-state index contributed by atoms with van der Waals surface area (Å²) in [5, 5.41) is 3.06. The zero-order valence-electron chi connectivity index (χ0n) is 16.6. The number of carbonyl (C=O) groups is 1. The van der Waals surface area contributed by atoms with Crippen LogP contribution in [-0.4, -0.2) is 92.3 Å². The molecule has 2 aliphatic heterocycles. The van der Waals surface area contributed by atoms with Crippen LogP contribution >= 0.6 is 0 Å². The van der Waals surface area contributed by atoms with Gasteiger partial charge in [0.25, 0.3) is 0 Å². The van der Waals surface area contributed by atoms with E-state index in [-0.39, 0.29) is 12.0 Å². The minimum absolute atomic E-state index is 0.0888. The minimum atomic E-state index is 0.0888. The number of carbonyl (C=O) groups excluding carboxylic acids is 1. The van der Waals surface area contributed by atoms with Gasteiger partial charge in [0.1, 0.15) is 5.82 Å². The van der Waals surface area contributed by atoms with Gasteiger partial charge in [-0.05, 0) is 18.1 Å². The number of anilines is 1. The van der Waals surface area contributed by atoms with Gasteiger partial charge in [0.2, 0.25) is 5.91 Å². The first kappa shape index (κ1) is 20.0. The Kier molecular flexibility index (Phi) is 7.43. The Morgan fingerprint density at radius 1 is 1.22 bits per heavy atom. The predicted molar refractivity (Wildman–Crippen MR) is 107 cm³/mol. The number of amides is 1. The van der Waals surface area contributed by atoms with E-state index in [1.54, 1.807) is 0 Å². The molecule has 150 valence electrons. The molecule has 0 aliphatic carbocycles. The van der Waals surface area contributed by atoms with Gasteiger partial charge in [-0.25, -0.2) is 4.98 Å². The molecule has 0 saturated carbocycles. The first-order valence-corrected chi connectivity index (χ1v) is 10.1. The van der Waals surface area contributed by atoms with Crippen LogP contribution in [0.4, 0.5) is 5.82 Å². The SMILES string of the molecule is CC(C)CN1CCOC(CNC(=O)CN2CCN(c3ccccn3)CC2)C1. The summed E-state index contributed by atoms with van der Waals surface area (Å²) in [6.07, 6.45) is 1.92. The molecule has 0 aromatic carbocycles. The van der Waals surface area contributed by atoms with Crippen LogP contribution in [0.3, 0.4) is 0 Å². The molecule has 1 amide bonds. The smallest absolute Gasteiger partial charge is 0.234 e. The van der Waals surface area contributed by atoms with Crippen LogP contribution in [0.2, 0.25) is 0 Å². The highest BCUT2D eigenvalue weighted by molar-refractivity contribution is 5.78. The van der Waals surface area contributed by atoms with Gasteiger partial charge in [-0.15, -0.1) is 0 Å². The Hall–Kier alpha value is -1.70. The largest absolute Gasteiger partial charge is 0.374 e. The number of pyridine rings is 1. The van der Waals surface area contributed by atoms with Crippen LogP contribution in [0.15, 0.2) is 24.4 Å². The zero-order chi connectivity index (χ0) is 19.1. The molecule has 0 radical (unpaired) electrons. The summed E-state index contributed by atoms with van der Waals surface area (Å²) in [5.74, 6) is 1.76. The molecule has 2 saturated heterocycles. The van der Waals surface area contributed by atoms with E-state index in [1.165, 1.54) is 0 Å². The van der Waals surface area contributed by atoms with Crippen LogP contribution in [0.5, 0.6) is 0 Å². The summed E-state index contributed by atoms with van der Waals surface area (Å²) in [6.45, 7) is 12.8. The molecule has 7 nitrogen and oxygen atoms in total. The maximum Gasteiger partial charge on any atom is 0.234 e. The van der Waals surface area contributed by atoms with Gasteiger partial charge in [0.15, 0.2) is 0 Å². The Morgan fingerprint density at radius 3 is 2.74 bits per heavy atom. The summed E-state index contributed by atoms with van der Waals surface area (Å²) in [5.41, 5.74) is 0. The van der Waals surface area contributed by atoms with Gasteiger partial charge in [0, 0.05) is 58.6 Å². The van der Waals surface area contributed by atoms with Gasteiger partial charge in [-0.1, -0.05) is 19.9 Å². The number of nitrogens with one attached hydrogen (secondary N) is 1. The van der Waals surface area contributed by atoms with Gasteiger partial charge in [-0.3, -0.25) is 14.6 Å². The number of ether oxygens (including phenoxy) is 1. The van der Waals surface area contributed by atoms with E-state index >= 15 is 0 Å². The third-order valence-electron chi connectivity index (χ3n) is 5.09. The molecule has 0 spiro atoms. The molecule has 3 heterocycles. The van der Waals surface area contributed by atoms with Crippen LogP contribution < -0.4 is 10.2 Å². The van der Waals surface area contributed by atoms with E-state index in [4.69, 9.17) is 4.74 Å². The molecule has 7 heteroatoms. The maximum atomic E-state index is 12.3. The maximum absolute atomic E-state index is 12.3. The molecule has 1 unspecified atom stereocenters. The molecular formula is C20H33N5O2. The van der Waals surface area contributed by atoms with E-state index in [1.807, 2.05) is 24.4 Å². The molecule has 2 aliphatic rings. The number of hydrogen-bond acceptors (Lipinski definition) is 6. The van der Waals surface area contributed by atoms with Crippen LogP contribution in [0.1, 0.15) is 13.8 Å². The summed E-state index contributed by atoms with van der Waals surface area (Å²) in [4.78, 5) is 23.6. The van der Waals surface area contributed by atoms with Crippen molar-refractivity contribution >= 4 is 11.7 Å². The summed E-state index contributed by atoms with van der Waals surface area (Å²) in [6, 6.07) is 5.98. The van der Waals surface area contributed by atoms with Crippen LogP contribution in [0.25, 0.3) is 0 Å².